The average molecular weight is 752 g/mol. The summed E-state index contributed by atoms with van der Waals surface area (Å²) in [6.07, 6.45) is 0. The largest absolute Gasteiger partial charge is 0.310 e. The van der Waals surface area contributed by atoms with Crippen molar-refractivity contribution in [2.45, 2.75) is 0 Å². The van der Waals surface area contributed by atoms with Crippen LogP contribution in [0.15, 0.2) is 224 Å². The number of benzene rings is 10. The summed E-state index contributed by atoms with van der Waals surface area (Å²) in [4.78, 5) is 2.34. The molecule has 0 spiro atoms. The SMILES string of the molecule is c1ccc(-c2ccc(N(c3ccccc3)c3ccc4cc(-n5c6ccccc6c6ccc7c(c8ccccc8n7-c7ccc8ccccc8c7)c65)ccc4c3)cc2)cc1. The van der Waals surface area contributed by atoms with Gasteiger partial charge in [-0.15, -0.1) is 0 Å². The number of fused-ring (bicyclic) bond motifs is 9. The van der Waals surface area contributed by atoms with Gasteiger partial charge >= 0.3 is 0 Å². The van der Waals surface area contributed by atoms with Crippen molar-refractivity contribution in [3.63, 3.8) is 0 Å². The molecule has 0 aliphatic carbocycles. The molecular weight excluding hydrogens is 715 g/mol. The van der Waals surface area contributed by atoms with Gasteiger partial charge in [0.25, 0.3) is 0 Å². The van der Waals surface area contributed by atoms with Crippen molar-refractivity contribution in [1.82, 2.24) is 9.13 Å². The summed E-state index contributed by atoms with van der Waals surface area (Å²) in [5.74, 6) is 0. The van der Waals surface area contributed by atoms with Crippen molar-refractivity contribution < 1.29 is 0 Å². The molecule has 12 aromatic rings. The van der Waals surface area contributed by atoms with E-state index in [-0.39, 0.29) is 0 Å². The Bertz CT molecular complexity index is 3540. The Balaban J connectivity index is 1.03. The second-order valence-corrected chi connectivity index (χ2v) is 15.4. The number of para-hydroxylation sites is 3. The van der Waals surface area contributed by atoms with Crippen molar-refractivity contribution in [2.75, 3.05) is 4.90 Å². The van der Waals surface area contributed by atoms with Gasteiger partial charge in [-0.25, -0.2) is 0 Å². The molecule has 0 N–H and O–H groups in total. The molecule has 0 amide bonds. The van der Waals surface area contributed by atoms with E-state index in [9.17, 15) is 0 Å². The molecule has 0 bridgehead atoms. The van der Waals surface area contributed by atoms with Gasteiger partial charge in [0.15, 0.2) is 0 Å². The summed E-state index contributed by atoms with van der Waals surface area (Å²) in [6, 6.07) is 81.6. The van der Waals surface area contributed by atoms with Crippen LogP contribution in [-0.4, -0.2) is 9.13 Å². The fourth-order valence-corrected chi connectivity index (χ4v) is 9.33. The minimum absolute atomic E-state index is 1.11. The molecule has 0 aliphatic rings. The minimum atomic E-state index is 1.11. The molecule has 2 aromatic heterocycles. The normalized spacial score (nSPS) is 11.7. The van der Waals surface area contributed by atoms with Crippen LogP contribution in [0.2, 0.25) is 0 Å². The van der Waals surface area contributed by atoms with Gasteiger partial charge in [-0.05, 0) is 112 Å². The van der Waals surface area contributed by atoms with E-state index in [1.807, 2.05) is 0 Å². The fraction of sp³-hybridized carbons (Fsp3) is 0. The van der Waals surface area contributed by atoms with Crippen LogP contribution >= 0.6 is 0 Å². The first-order valence-electron chi connectivity index (χ1n) is 20.3. The van der Waals surface area contributed by atoms with Crippen molar-refractivity contribution in [2.24, 2.45) is 0 Å². The van der Waals surface area contributed by atoms with Crippen molar-refractivity contribution in [1.29, 1.82) is 0 Å². The third kappa shape index (κ3) is 5.36. The third-order valence-corrected chi connectivity index (χ3v) is 12.0. The molecule has 12 rings (SSSR count). The maximum Gasteiger partial charge on any atom is 0.0641 e. The highest BCUT2D eigenvalue weighted by Gasteiger charge is 2.21. The molecule has 10 aromatic carbocycles. The van der Waals surface area contributed by atoms with Crippen molar-refractivity contribution in [3.8, 4) is 22.5 Å². The number of hydrogen-bond acceptors (Lipinski definition) is 1. The third-order valence-electron chi connectivity index (χ3n) is 12.0. The van der Waals surface area contributed by atoms with Crippen LogP contribution < -0.4 is 4.90 Å². The lowest BCUT2D eigenvalue weighted by atomic mass is 10.0. The van der Waals surface area contributed by atoms with Crippen LogP contribution in [0, 0.1) is 0 Å². The summed E-state index contributed by atoms with van der Waals surface area (Å²) in [7, 11) is 0. The minimum Gasteiger partial charge on any atom is -0.310 e. The van der Waals surface area contributed by atoms with E-state index in [1.54, 1.807) is 0 Å². The van der Waals surface area contributed by atoms with Crippen molar-refractivity contribution in [3.05, 3.63) is 224 Å². The van der Waals surface area contributed by atoms with Crippen LogP contribution in [0.1, 0.15) is 0 Å². The van der Waals surface area contributed by atoms with Gasteiger partial charge in [0, 0.05) is 50.0 Å². The van der Waals surface area contributed by atoms with Gasteiger partial charge in [-0.2, -0.15) is 0 Å². The molecule has 0 unspecified atom stereocenters. The van der Waals surface area contributed by atoms with Crippen LogP contribution in [0.4, 0.5) is 17.1 Å². The zero-order chi connectivity index (χ0) is 38.9. The first-order valence-corrected chi connectivity index (χ1v) is 20.3. The molecule has 2 heterocycles. The molecule has 0 saturated heterocycles. The van der Waals surface area contributed by atoms with Gasteiger partial charge in [0.1, 0.15) is 0 Å². The number of aromatic nitrogens is 2. The van der Waals surface area contributed by atoms with E-state index in [4.69, 9.17) is 0 Å². The second-order valence-electron chi connectivity index (χ2n) is 15.4. The predicted octanol–water partition coefficient (Wildman–Crippen LogP) is 15.3. The van der Waals surface area contributed by atoms with E-state index in [0.717, 1.165) is 28.4 Å². The Morgan fingerprint density at radius 2 is 0.814 bits per heavy atom. The number of anilines is 3. The molecule has 276 valence electrons. The van der Waals surface area contributed by atoms with Crippen LogP contribution in [0.25, 0.3) is 87.7 Å². The summed E-state index contributed by atoms with van der Waals surface area (Å²) in [5.41, 5.74) is 12.9. The van der Waals surface area contributed by atoms with Gasteiger partial charge < -0.3 is 14.0 Å². The smallest absolute Gasteiger partial charge is 0.0641 e. The Morgan fingerprint density at radius 1 is 0.288 bits per heavy atom. The average Bonchev–Trinajstić information content (AvgIpc) is 3.83. The molecule has 0 saturated carbocycles. The maximum atomic E-state index is 2.49. The highest BCUT2D eigenvalue weighted by atomic mass is 15.1. The quantitative estimate of drug-likeness (QED) is 0.165. The van der Waals surface area contributed by atoms with Gasteiger partial charge in [0.2, 0.25) is 0 Å². The Hall–Kier alpha value is -7.88. The molecule has 0 radical (unpaired) electrons. The number of rotatable bonds is 6. The predicted molar refractivity (Wildman–Crippen MR) is 250 cm³/mol. The highest BCUT2D eigenvalue weighted by molar-refractivity contribution is 6.26. The summed E-state index contributed by atoms with van der Waals surface area (Å²) >= 11 is 0. The lowest BCUT2D eigenvalue weighted by Crippen LogP contribution is -2.09. The molecule has 3 nitrogen and oxygen atoms in total. The van der Waals surface area contributed by atoms with Crippen molar-refractivity contribution >= 4 is 82.2 Å². The van der Waals surface area contributed by atoms with Crippen LogP contribution in [0.5, 0.6) is 0 Å². The summed E-state index contributed by atoms with van der Waals surface area (Å²) < 4.78 is 4.93. The molecule has 0 atom stereocenters. The fourth-order valence-electron chi connectivity index (χ4n) is 9.33. The lowest BCUT2D eigenvalue weighted by molar-refractivity contribution is 1.18. The molecule has 0 fully saturated rings. The zero-order valence-electron chi connectivity index (χ0n) is 32.2. The summed E-state index contributed by atoms with van der Waals surface area (Å²) in [6.45, 7) is 0. The van der Waals surface area contributed by atoms with E-state index < -0.39 is 0 Å². The van der Waals surface area contributed by atoms with E-state index in [0.29, 0.717) is 0 Å². The zero-order valence-corrected chi connectivity index (χ0v) is 32.2. The topological polar surface area (TPSA) is 13.1 Å². The van der Waals surface area contributed by atoms with Gasteiger partial charge in [-0.3, -0.25) is 0 Å². The van der Waals surface area contributed by atoms with E-state index >= 15 is 0 Å². The molecule has 0 aliphatic heterocycles. The monoisotopic (exact) mass is 751 g/mol. The Morgan fingerprint density at radius 3 is 1.59 bits per heavy atom. The molecule has 59 heavy (non-hydrogen) atoms. The summed E-state index contributed by atoms with van der Waals surface area (Å²) in [5, 5.41) is 9.86. The first-order chi connectivity index (χ1) is 29.3. The lowest BCUT2D eigenvalue weighted by Gasteiger charge is -2.26. The number of hydrogen-bond donors (Lipinski definition) is 0. The Kier molecular flexibility index (Phi) is 7.54. The number of nitrogens with zero attached hydrogens (tertiary/aromatic N) is 3. The maximum absolute atomic E-state index is 2.49. The van der Waals surface area contributed by atoms with E-state index in [1.165, 1.54) is 76.3 Å². The highest BCUT2D eigenvalue weighted by Crippen LogP contribution is 2.43. The molecular formula is C56H37N3. The van der Waals surface area contributed by atoms with Crippen LogP contribution in [0.3, 0.4) is 0 Å². The van der Waals surface area contributed by atoms with Gasteiger partial charge in [-0.1, -0.05) is 146 Å². The Labute approximate surface area is 341 Å². The molecule has 3 heteroatoms. The standard InChI is InChI=1S/C56H37N3/c1-3-13-38(14-4-1)40-23-28-45(29-24-40)57(44-17-5-2-6-18-44)46-31-26-43-37-48(32-27-42(43)36-46)59-52-21-11-9-19-49(52)50-33-34-54-55(56(50)59)51-20-10-12-22-53(51)58(54)47-30-25-39-15-7-8-16-41(39)35-47/h1-37H. The van der Waals surface area contributed by atoms with Gasteiger partial charge in [0.05, 0.1) is 22.1 Å². The first kappa shape index (κ1) is 33.3. The second kappa shape index (κ2) is 13.4. The van der Waals surface area contributed by atoms with Crippen LogP contribution in [-0.2, 0) is 0 Å². The van der Waals surface area contributed by atoms with E-state index in [2.05, 4.69) is 238 Å².